The van der Waals surface area contributed by atoms with Crippen molar-refractivity contribution < 1.29 is 9.90 Å². The van der Waals surface area contributed by atoms with Crippen LogP contribution in [0, 0.1) is 0 Å². The number of amides is 1. The number of carbonyl (C=O) groups is 1. The van der Waals surface area contributed by atoms with Crippen LogP contribution >= 0.6 is 24.8 Å². The van der Waals surface area contributed by atoms with E-state index in [2.05, 4.69) is 5.73 Å². The second-order valence-electron chi connectivity index (χ2n) is 0.338. The Morgan fingerprint density at radius 3 is 1.50 bits per heavy atom. The van der Waals surface area contributed by atoms with Crippen LogP contribution in [0.2, 0.25) is 0 Å². The smallest absolute Gasteiger partial charge is 0.402 e. The minimum atomic E-state index is -1.33. The van der Waals surface area contributed by atoms with Gasteiger partial charge >= 0.3 is 6.09 Å². The quantitative estimate of drug-likeness (QED) is 0.505. The molecule has 0 aromatic rings. The maximum Gasteiger partial charge on any atom is 0.402 e. The Morgan fingerprint density at radius 1 is 1.50 bits per heavy atom. The van der Waals surface area contributed by atoms with Crippen molar-refractivity contribution in [2.24, 2.45) is 5.73 Å². The molecule has 5 heteroatoms. The van der Waals surface area contributed by atoms with Crippen molar-refractivity contribution in [2.75, 3.05) is 0 Å². The van der Waals surface area contributed by atoms with Gasteiger partial charge in [0.15, 0.2) is 0 Å². The van der Waals surface area contributed by atoms with Crippen LogP contribution < -0.4 is 5.73 Å². The van der Waals surface area contributed by atoms with Gasteiger partial charge < -0.3 is 10.8 Å². The van der Waals surface area contributed by atoms with Crippen molar-refractivity contribution in [2.45, 2.75) is 0 Å². The first kappa shape index (κ1) is 16.9. The molecule has 3 N–H and O–H groups in total. The summed E-state index contributed by atoms with van der Waals surface area (Å²) in [6, 6.07) is 0. The summed E-state index contributed by atoms with van der Waals surface area (Å²) in [5.74, 6) is 0. The molecule has 0 aromatic heterocycles. The lowest BCUT2D eigenvalue weighted by atomic mass is 11.3. The summed E-state index contributed by atoms with van der Waals surface area (Å²) in [5.41, 5.74) is 4.03. The zero-order valence-electron chi connectivity index (χ0n) is 2.75. The molecule has 1 amide bonds. The SMILES string of the molecule is Cl.Cl.NC(=O)O. The lowest BCUT2D eigenvalue weighted by Crippen LogP contribution is -2.03. The summed E-state index contributed by atoms with van der Waals surface area (Å²) in [5, 5.41) is 7.19. The molecular weight excluding hydrogens is 129 g/mol. The molecule has 0 aliphatic heterocycles. The minimum Gasteiger partial charge on any atom is -0.465 e. The highest BCUT2D eigenvalue weighted by atomic mass is 35.5. The Morgan fingerprint density at radius 2 is 1.50 bits per heavy atom. The summed E-state index contributed by atoms with van der Waals surface area (Å²) in [6.07, 6.45) is -1.33. The van der Waals surface area contributed by atoms with Crippen molar-refractivity contribution in [3.05, 3.63) is 0 Å². The van der Waals surface area contributed by atoms with E-state index in [4.69, 9.17) is 9.90 Å². The number of nitrogens with two attached hydrogens (primary N) is 1. The highest BCUT2D eigenvalue weighted by Crippen LogP contribution is 1.34. The number of carboxylic acid groups (broad SMARTS) is 1. The van der Waals surface area contributed by atoms with Crippen molar-refractivity contribution in [1.82, 2.24) is 0 Å². The van der Waals surface area contributed by atoms with Gasteiger partial charge in [0.25, 0.3) is 0 Å². The average molecular weight is 134 g/mol. The van der Waals surface area contributed by atoms with Crippen LogP contribution in [0.25, 0.3) is 0 Å². The van der Waals surface area contributed by atoms with E-state index in [0.717, 1.165) is 0 Å². The molecule has 40 valence electrons. The predicted octanol–water partition coefficient (Wildman–Crippen LogP) is 0.467. The van der Waals surface area contributed by atoms with Crippen LogP contribution in [-0.2, 0) is 0 Å². The number of hydrogen-bond donors (Lipinski definition) is 2. The van der Waals surface area contributed by atoms with Gasteiger partial charge in [-0.05, 0) is 0 Å². The molecule has 6 heavy (non-hydrogen) atoms. The zero-order chi connectivity index (χ0) is 3.58. The lowest BCUT2D eigenvalue weighted by Gasteiger charge is -1.61. The molecule has 0 saturated heterocycles. The molecule has 0 heterocycles. The van der Waals surface area contributed by atoms with Gasteiger partial charge in [0.05, 0.1) is 0 Å². The van der Waals surface area contributed by atoms with Crippen LogP contribution in [-0.4, -0.2) is 11.2 Å². The normalized spacial score (nSPS) is 4.00. The van der Waals surface area contributed by atoms with Gasteiger partial charge in [-0.2, -0.15) is 0 Å². The van der Waals surface area contributed by atoms with Gasteiger partial charge in [0, 0.05) is 0 Å². The third kappa shape index (κ3) is 1390. The fourth-order valence-corrected chi connectivity index (χ4v) is 0. The van der Waals surface area contributed by atoms with E-state index in [-0.39, 0.29) is 24.8 Å². The van der Waals surface area contributed by atoms with Gasteiger partial charge in [0.1, 0.15) is 0 Å². The van der Waals surface area contributed by atoms with Crippen LogP contribution in [0.15, 0.2) is 0 Å². The third-order valence-electron chi connectivity index (χ3n) is 0. The van der Waals surface area contributed by atoms with Gasteiger partial charge in [-0.15, -0.1) is 24.8 Å². The largest absolute Gasteiger partial charge is 0.465 e. The first-order chi connectivity index (χ1) is 1.73. The molecule has 0 rings (SSSR count). The summed E-state index contributed by atoms with van der Waals surface area (Å²) in [4.78, 5) is 8.78. The Labute approximate surface area is 47.3 Å². The summed E-state index contributed by atoms with van der Waals surface area (Å²) in [6.45, 7) is 0. The highest BCUT2D eigenvalue weighted by molar-refractivity contribution is 5.85. The highest BCUT2D eigenvalue weighted by Gasteiger charge is 1.65. The van der Waals surface area contributed by atoms with Gasteiger partial charge in [-0.25, -0.2) is 4.79 Å². The van der Waals surface area contributed by atoms with Crippen molar-refractivity contribution in [1.29, 1.82) is 0 Å². The number of primary amides is 1. The second kappa shape index (κ2) is 8.85. The Balaban J connectivity index is -0.0000000450. The van der Waals surface area contributed by atoms with Crippen LogP contribution in [0.5, 0.6) is 0 Å². The lowest BCUT2D eigenvalue weighted by molar-refractivity contribution is 0.205. The van der Waals surface area contributed by atoms with E-state index in [1.807, 2.05) is 0 Å². The average Bonchev–Trinajstić information content (AvgIpc) is 0.811. The number of hydrogen-bond acceptors (Lipinski definition) is 1. The van der Waals surface area contributed by atoms with Crippen LogP contribution in [0.1, 0.15) is 0 Å². The van der Waals surface area contributed by atoms with Crippen molar-refractivity contribution in [3.63, 3.8) is 0 Å². The first-order valence-electron chi connectivity index (χ1n) is 0.716. The number of rotatable bonds is 0. The molecule has 0 aromatic carbocycles. The van der Waals surface area contributed by atoms with Crippen molar-refractivity contribution in [3.8, 4) is 0 Å². The zero-order valence-corrected chi connectivity index (χ0v) is 4.38. The molecule has 0 aliphatic rings. The fourth-order valence-electron chi connectivity index (χ4n) is 0. The molecule has 0 atom stereocenters. The molecule has 0 saturated carbocycles. The van der Waals surface area contributed by atoms with Gasteiger partial charge in [0.2, 0.25) is 0 Å². The van der Waals surface area contributed by atoms with E-state index in [1.165, 1.54) is 0 Å². The third-order valence-corrected chi connectivity index (χ3v) is 0. The molecule has 0 spiro atoms. The Kier molecular flexibility index (Phi) is 25.0. The first-order valence-corrected chi connectivity index (χ1v) is 0.716. The van der Waals surface area contributed by atoms with Crippen molar-refractivity contribution >= 4 is 30.9 Å². The molecule has 0 unspecified atom stereocenters. The number of halogens is 2. The van der Waals surface area contributed by atoms with E-state index < -0.39 is 6.09 Å². The van der Waals surface area contributed by atoms with E-state index >= 15 is 0 Å². The standard InChI is InChI=1S/CH3NO2.2ClH/c2-1(3)4;;/h2H2,(H,3,4);2*1H. The van der Waals surface area contributed by atoms with Crippen LogP contribution in [0.4, 0.5) is 4.79 Å². The molecule has 0 fully saturated rings. The second-order valence-corrected chi connectivity index (χ2v) is 0.338. The molecule has 0 radical (unpaired) electrons. The molecule has 3 nitrogen and oxygen atoms in total. The van der Waals surface area contributed by atoms with Gasteiger partial charge in [-0.3, -0.25) is 0 Å². The van der Waals surface area contributed by atoms with E-state index in [1.54, 1.807) is 0 Å². The maximum atomic E-state index is 8.78. The van der Waals surface area contributed by atoms with Gasteiger partial charge in [-0.1, -0.05) is 0 Å². The summed E-state index contributed by atoms with van der Waals surface area (Å²) < 4.78 is 0. The van der Waals surface area contributed by atoms with E-state index in [0.29, 0.717) is 0 Å². The monoisotopic (exact) mass is 133 g/mol. The Hall–Kier alpha value is -0.150. The molecule has 0 bridgehead atoms. The molecule has 0 aliphatic carbocycles. The Bertz CT molecular complexity index is 34.5. The molecular formula is CH5Cl2NO2. The fraction of sp³-hybridized carbons (Fsp3) is 0. The van der Waals surface area contributed by atoms with Crippen LogP contribution in [0.3, 0.4) is 0 Å². The summed E-state index contributed by atoms with van der Waals surface area (Å²) >= 11 is 0. The maximum absolute atomic E-state index is 8.78. The predicted molar refractivity (Wildman–Crippen MR) is 26.7 cm³/mol. The minimum absolute atomic E-state index is 0. The van der Waals surface area contributed by atoms with E-state index in [9.17, 15) is 0 Å². The summed E-state index contributed by atoms with van der Waals surface area (Å²) in [7, 11) is 0. The topological polar surface area (TPSA) is 63.3 Å².